The van der Waals surface area contributed by atoms with E-state index in [9.17, 15) is 0 Å². The zero-order chi connectivity index (χ0) is 7.40. The zero-order valence-electron chi connectivity index (χ0n) is 5.92. The normalized spacial score (nSPS) is 9.20. The van der Waals surface area contributed by atoms with Crippen molar-refractivity contribution < 1.29 is 4.42 Å². The second-order valence-corrected chi connectivity index (χ2v) is 2.14. The van der Waals surface area contributed by atoms with Crippen LogP contribution in [0.25, 0.3) is 4.85 Å². The van der Waals surface area contributed by atoms with Crippen molar-refractivity contribution in [2.45, 2.75) is 13.3 Å². The first kappa shape index (κ1) is 6.88. The van der Waals surface area contributed by atoms with Crippen molar-refractivity contribution in [2.75, 3.05) is 6.54 Å². The standard InChI is InChI=1S/C8H9NO/c1-7-3-4-8(10-7)5-6-9-2/h3-4H,5-6H2,1H3. The summed E-state index contributed by atoms with van der Waals surface area (Å²) in [6.07, 6.45) is 0.733. The quantitative estimate of drug-likeness (QED) is 0.567. The fourth-order valence-electron chi connectivity index (χ4n) is 0.786. The number of furan rings is 1. The summed E-state index contributed by atoms with van der Waals surface area (Å²) < 4.78 is 5.24. The van der Waals surface area contributed by atoms with Gasteiger partial charge in [0.15, 0.2) is 0 Å². The van der Waals surface area contributed by atoms with Crippen LogP contribution in [0.15, 0.2) is 16.5 Å². The van der Waals surface area contributed by atoms with Crippen molar-refractivity contribution in [3.05, 3.63) is 35.1 Å². The average Bonchev–Trinajstić information content (AvgIpc) is 2.31. The van der Waals surface area contributed by atoms with Gasteiger partial charge < -0.3 is 9.26 Å². The third-order valence-corrected chi connectivity index (χ3v) is 1.27. The van der Waals surface area contributed by atoms with Crippen LogP contribution in [0, 0.1) is 13.5 Å². The Morgan fingerprint density at radius 1 is 1.60 bits per heavy atom. The highest BCUT2D eigenvalue weighted by atomic mass is 16.3. The summed E-state index contributed by atoms with van der Waals surface area (Å²) in [6, 6.07) is 3.83. The fourth-order valence-corrected chi connectivity index (χ4v) is 0.786. The molecule has 0 amide bonds. The van der Waals surface area contributed by atoms with Gasteiger partial charge in [-0.2, -0.15) is 0 Å². The number of nitrogens with zero attached hydrogens (tertiary/aromatic N) is 1. The third kappa shape index (κ3) is 1.63. The second-order valence-electron chi connectivity index (χ2n) is 2.14. The molecular formula is C8H9NO. The number of hydrogen-bond acceptors (Lipinski definition) is 1. The van der Waals surface area contributed by atoms with Crippen LogP contribution in [0.4, 0.5) is 0 Å². The summed E-state index contributed by atoms with van der Waals surface area (Å²) in [4.78, 5) is 3.23. The summed E-state index contributed by atoms with van der Waals surface area (Å²) in [6.45, 7) is 8.97. The third-order valence-electron chi connectivity index (χ3n) is 1.27. The van der Waals surface area contributed by atoms with Crippen molar-refractivity contribution in [1.82, 2.24) is 0 Å². The highest BCUT2D eigenvalue weighted by Crippen LogP contribution is 2.06. The first-order chi connectivity index (χ1) is 4.83. The predicted molar refractivity (Wildman–Crippen MR) is 38.6 cm³/mol. The van der Waals surface area contributed by atoms with Crippen LogP contribution < -0.4 is 0 Å². The first-order valence-corrected chi connectivity index (χ1v) is 3.21. The highest BCUT2D eigenvalue weighted by Gasteiger charge is 1.97. The lowest BCUT2D eigenvalue weighted by Gasteiger charge is -1.85. The van der Waals surface area contributed by atoms with E-state index in [-0.39, 0.29) is 0 Å². The van der Waals surface area contributed by atoms with Crippen LogP contribution in [0.5, 0.6) is 0 Å². The van der Waals surface area contributed by atoms with Gasteiger partial charge in [0.25, 0.3) is 0 Å². The molecule has 0 aliphatic rings. The van der Waals surface area contributed by atoms with Crippen LogP contribution in [0.1, 0.15) is 11.5 Å². The van der Waals surface area contributed by atoms with Gasteiger partial charge in [0, 0.05) is 0 Å². The molecule has 0 fully saturated rings. The minimum atomic E-state index is 0.521. The molecule has 0 spiro atoms. The molecule has 1 rings (SSSR count). The summed E-state index contributed by atoms with van der Waals surface area (Å²) in [7, 11) is 0. The molecule has 52 valence electrons. The Balaban J connectivity index is 2.52. The van der Waals surface area contributed by atoms with E-state index in [4.69, 9.17) is 11.0 Å². The highest BCUT2D eigenvalue weighted by molar-refractivity contribution is 5.06. The second kappa shape index (κ2) is 3.07. The molecule has 0 saturated carbocycles. The van der Waals surface area contributed by atoms with Crippen LogP contribution in [0.2, 0.25) is 0 Å². The molecule has 0 atom stereocenters. The topological polar surface area (TPSA) is 17.5 Å². The number of aryl methyl sites for hydroxylation is 1. The average molecular weight is 135 g/mol. The molecular weight excluding hydrogens is 126 g/mol. The Bertz CT molecular complexity index is 244. The van der Waals surface area contributed by atoms with Crippen molar-refractivity contribution in [2.24, 2.45) is 0 Å². The molecule has 0 unspecified atom stereocenters. The summed E-state index contributed by atoms with van der Waals surface area (Å²) in [5, 5.41) is 0. The van der Waals surface area contributed by atoms with E-state index in [2.05, 4.69) is 4.85 Å². The van der Waals surface area contributed by atoms with Crippen molar-refractivity contribution in [3.8, 4) is 0 Å². The lowest BCUT2D eigenvalue weighted by atomic mass is 10.3. The molecule has 1 heterocycles. The summed E-state index contributed by atoms with van der Waals surface area (Å²) in [5.74, 6) is 1.83. The molecule has 2 heteroatoms. The maximum Gasteiger partial charge on any atom is 0.221 e. The van der Waals surface area contributed by atoms with E-state index in [1.165, 1.54) is 0 Å². The minimum Gasteiger partial charge on any atom is -0.466 e. The Morgan fingerprint density at radius 2 is 2.40 bits per heavy atom. The van der Waals surface area contributed by atoms with Gasteiger partial charge >= 0.3 is 0 Å². The van der Waals surface area contributed by atoms with Gasteiger partial charge in [-0.25, -0.2) is 6.57 Å². The molecule has 0 bridgehead atoms. The van der Waals surface area contributed by atoms with E-state index in [1.807, 2.05) is 19.1 Å². The van der Waals surface area contributed by atoms with Crippen LogP contribution >= 0.6 is 0 Å². The van der Waals surface area contributed by atoms with Gasteiger partial charge in [-0.15, -0.1) is 0 Å². The maximum absolute atomic E-state index is 6.54. The molecule has 0 radical (unpaired) electrons. The molecule has 0 saturated heterocycles. The molecule has 0 aromatic carbocycles. The lowest BCUT2D eigenvalue weighted by molar-refractivity contribution is 0.487. The van der Waals surface area contributed by atoms with Gasteiger partial charge in [0.2, 0.25) is 6.54 Å². The van der Waals surface area contributed by atoms with Gasteiger partial charge in [0.1, 0.15) is 11.5 Å². The van der Waals surface area contributed by atoms with E-state index in [1.54, 1.807) is 0 Å². The predicted octanol–water partition coefficient (Wildman–Crippen LogP) is 2.05. The Labute approximate surface area is 60.3 Å². The van der Waals surface area contributed by atoms with E-state index >= 15 is 0 Å². The Morgan fingerprint density at radius 3 is 2.90 bits per heavy atom. The fraction of sp³-hybridized carbons (Fsp3) is 0.375. The van der Waals surface area contributed by atoms with Crippen LogP contribution in [-0.2, 0) is 6.42 Å². The molecule has 10 heavy (non-hydrogen) atoms. The molecule has 1 aromatic rings. The van der Waals surface area contributed by atoms with E-state index in [0.29, 0.717) is 6.54 Å². The summed E-state index contributed by atoms with van der Waals surface area (Å²) in [5.41, 5.74) is 0. The first-order valence-electron chi connectivity index (χ1n) is 3.21. The SMILES string of the molecule is [C-]#[N+]CCc1ccc(C)o1. The Kier molecular flexibility index (Phi) is 2.11. The molecule has 0 aliphatic carbocycles. The largest absolute Gasteiger partial charge is 0.466 e. The molecule has 0 aliphatic heterocycles. The number of rotatable bonds is 2. The van der Waals surface area contributed by atoms with Crippen LogP contribution in [0.3, 0.4) is 0 Å². The monoisotopic (exact) mass is 135 g/mol. The molecule has 1 aromatic heterocycles. The lowest BCUT2D eigenvalue weighted by Crippen LogP contribution is -1.82. The van der Waals surface area contributed by atoms with E-state index in [0.717, 1.165) is 17.9 Å². The van der Waals surface area contributed by atoms with Crippen molar-refractivity contribution in [3.63, 3.8) is 0 Å². The molecule has 2 nitrogen and oxygen atoms in total. The summed E-state index contributed by atoms with van der Waals surface area (Å²) >= 11 is 0. The maximum atomic E-state index is 6.54. The Hall–Kier alpha value is -1.23. The zero-order valence-corrected chi connectivity index (χ0v) is 5.92. The van der Waals surface area contributed by atoms with Gasteiger partial charge in [-0.3, -0.25) is 0 Å². The smallest absolute Gasteiger partial charge is 0.221 e. The van der Waals surface area contributed by atoms with Crippen molar-refractivity contribution in [1.29, 1.82) is 0 Å². The molecule has 0 N–H and O–H groups in total. The van der Waals surface area contributed by atoms with Crippen molar-refractivity contribution >= 4 is 0 Å². The van der Waals surface area contributed by atoms with Gasteiger partial charge in [0.05, 0.1) is 6.42 Å². The van der Waals surface area contributed by atoms with Gasteiger partial charge in [-0.1, -0.05) is 0 Å². The van der Waals surface area contributed by atoms with Crippen LogP contribution in [-0.4, -0.2) is 6.54 Å². The minimum absolute atomic E-state index is 0.521. The van der Waals surface area contributed by atoms with E-state index < -0.39 is 0 Å². The number of hydrogen-bond donors (Lipinski definition) is 0. The van der Waals surface area contributed by atoms with Gasteiger partial charge in [-0.05, 0) is 19.1 Å².